The van der Waals surface area contributed by atoms with Crippen molar-refractivity contribution in [1.82, 2.24) is 15.0 Å². The molecular formula is C23H25N7O3S. The molecule has 2 aromatic carbocycles. The number of aromatic nitrogens is 3. The van der Waals surface area contributed by atoms with Gasteiger partial charge in [0.2, 0.25) is 0 Å². The molecule has 2 aromatic heterocycles. The predicted octanol–water partition coefficient (Wildman–Crippen LogP) is 4.59. The SMILES string of the molecule is COc1ccc(C)cc1NC(=O)Nc1nc2ccc(Nc3cc(NCCCO)ncn3)cc2s1. The molecule has 0 radical (unpaired) electrons. The normalized spacial score (nSPS) is 10.7. The maximum atomic E-state index is 12.5. The van der Waals surface area contributed by atoms with Crippen molar-refractivity contribution in [2.45, 2.75) is 13.3 Å². The van der Waals surface area contributed by atoms with Crippen molar-refractivity contribution in [3.05, 3.63) is 54.4 Å². The molecule has 2 amide bonds. The molecule has 34 heavy (non-hydrogen) atoms. The number of aryl methyl sites for hydroxylation is 1. The number of nitrogens with one attached hydrogen (secondary N) is 4. The first-order valence-electron chi connectivity index (χ1n) is 10.6. The van der Waals surface area contributed by atoms with Gasteiger partial charge < -0.3 is 25.8 Å². The second-order valence-corrected chi connectivity index (χ2v) is 8.43. The Labute approximate surface area is 200 Å². The van der Waals surface area contributed by atoms with Gasteiger partial charge in [0, 0.05) is 24.9 Å². The minimum absolute atomic E-state index is 0.122. The first-order chi connectivity index (χ1) is 16.5. The van der Waals surface area contributed by atoms with Gasteiger partial charge in [-0.2, -0.15) is 0 Å². The van der Waals surface area contributed by atoms with Gasteiger partial charge in [0.25, 0.3) is 0 Å². The number of aliphatic hydroxyl groups excluding tert-OH is 1. The quantitative estimate of drug-likeness (QED) is 0.220. The van der Waals surface area contributed by atoms with Gasteiger partial charge in [-0.05, 0) is 49.2 Å². The Bertz CT molecular complexity index is 1290. The van der Waals surface area contributed by atoms with Crippen LogP contribution < -0.4 is 26.0 Å². The van der Waals surface area contributed by atoms with Crippen LogP contribution in [0.25, 0.3) is 10.2 Å². The summed E-state index contributed by atoms with van der Waals surface area (Å²) in [5.41, 5.74) is 3.19. The van der Waals surface area contributed by atoms with Crippen LogP contribution in [-0.4, -0.2) is 46.4 Å². The lowest BCUT2D eigenvalue weighted by Gasteiger charge is -2.10. The third-order valence-electron chi connectivity index (χ3n) is 4.79. The molecule has 4 rings (SSSR count). The van der Waals surface area contributed by atoms with Crippen LogP contribution in [-0.2, 0) is 0 Å². The summed E-state index contributed by atoms with van der Waals surface area (Å²) >= 11 is 1.37. The topological polar surface area (TPSA) is 133 Å². The van der Waals surface area contributed by atoms with Crippen molar-refractivity contribution < 1.29 is 14.6 Å². The number of urea groups is 1. The average Bonchev–Trinajstić information content (AvgIpc) is 3.21. The lowest BCUT2D eigenvalue weighted by atomic mass is 10.2. The van der Waals surface area contributed by atoms with E-state index in [-0.39, 0.29) is 6.61 Å². The van der Waals surface area contributed by atoms with Crippen LogP contribution in [0.2, 0.25) is 0 Å². The first kappa shape index (κ1) is 23.2. The smallest absolute Gasteiger partial charge is 0.325 e. The molecule has 5 N–H and O–H groups in total. The largest absolute Gasteiger partial charge is 0.495 e. The van der Waals surface area contributed by atoms with E-state index in [2.05, 4.69) is 36.2 Å². The zero-order valence-electron chi connectivity index (χ0n) is 18.8. The predicted molar refractivity (Wildman–Crippen MR) is 135 cm³/mol. The summed E-state index contributed by atoms with van der Waals surface area (Å²) in [5, 5.41) is 21.4. The van der Waals surface area contributed by atoms with Crippen molar-refractivity contribution in [2.24, 2.45) is 0 Å². The number of carbonyl (C=O) groups is 1. The van der Waals surface area contributed by atoms with Gasteiger partial charge in [-0.25, -0.2) is 19.7 Å². The minimum Gasteiger partial charge on any atom is -0.495 e. The Kier molecular flexibility index (Phi) is 7.35. The number of fused-ring (bicyclic) bond motifs is 1. The number of aliphatic hydroxyl groups is 1. The molecule has 0 aliphatic carbocycles. The number of anilines is 5. The molecule has 176 valence electrons. The van der Waals surface area contributed by atoms with Crippen molar-refractivity contribution in [2.75, 3.05) is 41.5 Å². The lowest BCUT2D eigenvalue weighted by molar-refractivity contribution is 0.262. The number of ether oxygens (including phenoxy) is 1. The highest BCUT2D eigenvalue weighted by atomic mass is 32.1. The Morgan fingerprint density at radius 3 is 2.76 bits per heavy atom. The fourth-order valence-electron chi connectivity index (χ4n) is 3.19. The molecule has 0 atom stereocenters. The molecular weight excluding hydrogens is 454 g/mol. The molecule has 0 aliphatic heterocycles. The highest BCUT2D eigenvalue weighted by Gasteiger charge is 2.11. The van der Waals surface area contributed by atoms with Crippen LogP contribution in [0, 0.1) is 6.92 Å². The molecule has 4 aromatic rings. The van der Waals surface area contributed by atoms with Gasteiger partial charge in [-0.1, -0.05) is 17.4 Å². The van der Waals surface area contributed by atoms with Gasteiger partial charge >= 0.3 is 6.03 Å². The molecule has 0 saturated heterocycles. The monoisotopic (exact) mass is 479 g/mol. The number of rotatable bonds is 9. The standard InChI is InChI=1S/C23H25N7O3S/c1-14-4-7-18(33-2)17(10-14)28-22(32)30-23-29-16-6-5-15(11-19(16)34-23)27-21-12-20(25-13-26-21)24-8-3-9-31/h4-7,10-13,31H,3,8-9H2,1-2H3,(H2,24,25,26,27)(H2,28,29,30,32). The van der Waals surface area contributed by atoms with Crippen LogP contribution in [0.15, 0.2) is 48.8 Å². The number of methoxy groups -OCH3 is 1. The van der Waals surface area contributed by atoms with Crippen LogP contribution in [0.1, 0.15) is 12.0 Å². The van der Waals surface area contributed by atoms with E-state index >= 15 is 0 Å². The Balaban J connectivity index is 1.43. The van der Waals surface area contributed by atoms with E-state index in [1.165, 1.54) is 17.7 Å². The van der Waals surface area contributed by atoms with E-state index in [9.17, 15) is 4.79 Å². The maximum absolute atomic E-state index is 12.5. The summed E-state index contributed by atoms with van der Waals surface area (Å²) in [4.78, 5) is 25.4. The second kappa shape index (κ2) is 10.8. The maximum Gasteiger partial charge on any atom is 0.325 e. The minimum atomic E-state index is -0.400. The molecule has 0 unspecified atom stereocenters. The summed E-state index contributed by atoms with van der Waals surface area (Å²) < 4.78 is 6.21. The van der Waals surface area contributed by atoms with Gasteiger partial charge in [0.15, 0.2) is 5.13 Å². The van der Waals surface area contributed by atoms with E-state index < -0.39 is 6.03 Å². The summed E-state index contributed by atoms with van der Waals surface area (Å²) in [6.07, 6.45) is 2.11. The lowest BCUT2D eigenvalue weighted by Crippen LogP contribution is -2.19. The molecule has 11 heteroatoms. The Morgan fingerprint density at radius 2 is 1.94 bits per heavy atom. The molecule has 0 bridgehead atoms. The summed E-state index contributed by atoms with van der Waals surface area (Å²) in [5.74, 6) is 1.89. The number of benzene rings is 2. The van der Waals surface area contributed by atoms with Gasteiger partial charge in [-0.15, -0.1) is 0 Å². The molecule has 0 fully saturated rings. The van der Waals surface area contributed by atoms with E-state index in [1.54, 1.807) is 13.2 Å². The van der Waals surface area contributed by atoms with Crippen LogP contribution >= 0.6 is 11.3 Å². The molecule has 10 nitrogen and oxygen atoms in total. The fourth-order valence-corrected chi connectivity index (χ4v) is 4.09. The third kappa shape index (κ3) is 5.88. The Morgan fingerprint density at radius 1 is 1.09 bits per heavy atom. The number of hydrogen-bond acceptors (Lipinski definition) is 9. The van der Waals surface area contributed by atoms with Crippen molar-refractivity contribution in [3.63, 3.8) is 0 Å². The molecule has 0 spiro atoms. The number of carbonyl (C=O) groups excluding carboxylic acids is 1. The number of thiazole rings is 1. The summed E-state index contributed by atoms with van der Waals surface area (Å²) in [6.45, 7) is 2.69. The molecule has 0 aliphatic rings. The van der Waals surface area contributed by atoms with Gasteiger partial charge in [0.1, 0.15) is 23.7 Å². The molecule has 2 heterocycles. The third-order valence-corrected chi connectivity index (χ3v) is 5.73. The van der Waals surface area contributed by atoms with E-state index in [1.807, 2.05) is 43.3 Å². The number of hydrogen-bond donors (Lipinski definition) is 5. The van der Waals surface area contributed by atoms with Crippen LogP contribution in [0.5, 0.6) is 5.75 Å². The first-order valence-corrected chi connectivity index (χ1v) is 11.4. The number of amides is 2. The van der Waals surface area contributed by atoms with E-state index in [4.69, 9.17) is 9.84 Å². The highest BCUT2D eigenvalue weighted by Crippen LogP contribution is 2.30. The highest BCUT2D eigenvalue weighted by molar-refractivity contribution is 7.22. The van der Waals surface area contributed by atoms with Crippen molar-refractivity contribution in [1.29, 1.82) is 0 Å². The Hall–Kier alpha value is -3.96. The van der Waals surface area contributed by atoms with Crippen LogP contribution in [0.4, 0.5) is 32.9 Å². The number of nitrogens with zero attached hydrogens (tertiary/aromatic N) is 3. The zero-order valence-corrected chi connectivity index (χ0v) is 19.6. The van der Waals surface area contributed by atoms with Crippen LogP contribution in [0.3, 0.4) is 0 Å². The average molecular weight is 480 g/mol. The molecule has 0 saturated carbocycles. The second-order valence-electron chi connectivity index (χ2n) is 7.40. The zero-order chi connectivity index (χ0) is 23.9. The van der Waals surface area contributed by atoms with Crippen molar-refractivity contribution >= 4 is 55.7 Å². The van der Waals surface area contributed by atoms with E-state index in [0.717, 1.165) is 21.5 Å². The van der Waals surface area contributed by atoms with E-state index in [0.29, 0.717) is 41.2 Å². The summed E-state index contributed by atoms with van der Waals surface area (Å²) in [6, 6.07) is 12.7. The summed E-state index contributed by atoms with van der Waals surface area (Å²) in [7, 11) is 1.56. The van der Waals surface area contributed by atoms with Gasteiger partial charge in [0.05, 0.1) is 23.0 Å². The van der Waals surface area contributed by atoms with Gasteiger partial charge in [-0.3, -0.25) is 5.32 Å². The van der Waals surface area contributed by atoms with Crippen molar-refractivity contribution in [3.8, 4) is 5.75 Å². The fraction of sp³-hybridized carbons (Fsp3) is 0.217.